The van der Waals surface area contributed by atoms with Gasteiger partial charge in [0.1, 0.15) is 0 Å². The minimum Gasteiger partial charge on any atom is -0.366 e. The minimum absolute atomic E-state index is 0.443. The fraction of sp³-hybridized carbons (Fsp3) is 0.700. The summed E-state index contributed by atoms with van der Waals surface area (Å²) < 4.78 is 0. The first-order chi connectivity index (χ1) is 6.15. The first-order valence-electron chi connectivity index (χ1n) is 4.95. The summed E-state index contributed by atoms with van der Waals surface area (Å²) in [7, 11) is 0. The third-order valence-electron chi connectivity index (χ3n) is 2.00. The second-order valence-electron chi connectivity index (χ2n) is 3.72. The van der Waals surface area contributed by atoms with Crippen molar-refractivity contribution < 1.29 is 0 Å². The van der Waals surface area contributed by atoms with Gasteiger partial charge in [-0.1, -0.05) is 13.3 Å². The molecule has 0 aliphatic rings. The van der Waals surface area contributed by atoms with Crippen molar-refractivity contribution in [3.05, 3.63) is 11.3 Å². The normalized spacial score (nSPS) is 10.8. The van der Waals surface area contributed by atoms with Crippen LogP contribution in [0.3, 0.4) is 0 Å². The van der Waals surface area contributed by atoms with Crippen molar-refractivity contribution in [2.75, 3.05) is 5.32 Å². The van der Waals surface area contributed by atoms with Crippen LogP contribution >= 0.6 is 0 Å². The smallest absolute Gasteiger partial charge is 0.151 e. The van der Waals surface area contributed by atoms with E-state index >= 15 is 0 Å². The van der Waals surface area contributed by atoms with Crippen LogP contribution in [0, 0.1) is 6.92 Å². The first-order valence-corrected chi connectivity index (χ1v) is 4.95. The summed E-state index contributed by atoms with van der Waals surface area (Å²) in [5.74, 6) is 1.02. The summed E-state index contributed by atoms with van der Waals surface area (Å²) in [6.07, 6.45) is 2.25. The van der Waals surface area contributed by atoms with E-state index in [0.717, 1.165) is 18.7 Å². The van der Waals surface area contributed by atoms with E-state index in [1.807, 2.05) is 0 Å². The molecule has 1 aromatic heterocycles. The van der Waals surface area contributed by atoms with Gasteiger partial charge in [0.2, 0.25) is 0 Å². The molecule has 2 N–H and O–H groups in total. The van der Waals surface area contributed by atoms with E-state index in [2.05, 4.69) is 43.2 Å². The Morgan fingerprint density at radius 1 is 1.46 bits per heavy atom. The molecule has 0 bridgehead atoms. The van der Waals surface area contributed by atoms with Gasteiger partial charge in [-0.25, -0.2) is 0 Å². The Morgan fingerprint density at radius 3 is 2.69 bits per heavy atom. The molecule has 1 aromatic rings. The van der Waals surface area contributed by atoms with Gasteiger partial charge < -0.3 is 5.32 Å². The quantitative estimate of drug-likeness (QED) is 0.749. The summed E-state index contributed by atoms with van der Waals surface area (Å²) in [6.45, 7) is 8.51. The highest BCUT2D eigenvalue weighted by molar-refractivity contribution is 5.46. The monoisotopic (exact) mass is 181 g/mol. The molecular formula is C10H19N3. The topological polar surface area (TPSA) is 40.7 Å². The third kappa shape index (κ3) is 2.47. The number of aromatic amines is 1. The van der Waals surface area contributed by atoms with Crippen LogP contribution < -0.4 is 5.32 Å². The van der Waals surface area contributed by atoms with Gasteiger partial charge in [-0.15, -0.1) is 0 Å². The summed E-state index contributed by atoms with van der Waals surface area (Å²) in [5.41, 5.74) is 2.52. The number of nitrogens with zero attached hydrogens (tertiary/aromatic N) is 1. The summed E-state index contributed by atoms with van der Waals surface area (Å²) in [5, 5.41) is 10.6. The molecule has 0 spiro atoms. The van der Waals surface area contributed by atoms with Crippen molar-refractivity contribution in [2.45, 2.75) is 46.6 Å². The van der Waals surface area contributed by atoms with E-state index in [4.69, 9.17) is 0 Å². The van der Waals surface area contributed by atoms with E-state index in [0.29, 0.717) is 6.04 Å². The molecular weight excluding hydrogens is 162 g/mol. The number of hydrogen-bond acceptors (Lipinski definition) is 2. The fourth-order valence-corrected chi connectivity index (χ4v) is 1.40. The number of aromatic nitrogens is 2. The molecule has 0 saturated heterocycles. The highest BCUT2D eigenvalue weighted by Crippen LogP contribution is 2.18. The van der Waals surface area contributed by atoms with Crippen LogP contribution in [0.5, 0.6) is 0 Å². The zero-order valence-electron chi connectivity index (χ0n) is 8.94. The Bertz CT molecular complexity index is 263. The molecule has 3 heteroatoms. The van der Waals surface area contributed by atoms with Crippen molar-refractivity contribution >= 4 is 5.82 Å². The molecule has 13 heavy (non-hydrogen) atoms. The zero-order chi connectivity index (χ0) is 9.84. The highest BCUT2D eigenvalue weighted by atomic mass is 15.2. The molecule has 0 amide bonds. The molecule has 1 rings (SSSR count). The molecule has 3 nitrogen and oxygen atoms in total. The van der Waals surface area contributed by atoms with Crippen molar-refractivity contribution in [1.82, 2.24) is 10.2 Å². The van der Waals surface area contributed by atoms with Crippen molar-refractivity contribution in [3.8, 4) is 0 Å². The van der Waals surface area contributed by atoms with E-state index in [-0.39, 0.29) is 0 Å². The van der Waals surface area contributed by atoms with Gasteiger partial charge in [-0.2, -0.15) is 5.10 Å². The fourth-order valence-electron chi connectivity index (χ4n) is 1.40. The molecule has 0 aliphatic carbocycles. The lowest BCUT2D eigenvalue weighted by molar-refractivity contribution is 0.869. The Kier molecular flexibility index (Phi) is 3.34. The largest absolute Gasteiger partial charge is 0.366 e. The summed E-state index contributed by atoms with van der Waals surface area (Å²) in [4.78, 5) is 0. The van der Waals surface area contributed by atoms with E-state index in [9.17, 15) is 0 Å². The van der Waals surface area contributed by atoms with Crippen LogP contribution in [-0.2, 0) is 6.42 Å². The maximum absolute atomic E-state index is 4.24. The number of H-pyrrole nitrogens is 1. The molecule has 0 unspecified atom stereocenters. The third-order valence-corrected chi connectivity index (χ3v) is 2.00. The highest BCUT2D eigenvalue weighted by Gasteiger charge is 2.09. The second-order valence-corrected chi connectivity index (χ2v) is 3.72. The predicted molar refractivity (Wildman–Crippen MR) is 56.1 cm³/mol. The van der Waals surface area contributed by atoms with Crippen LogP contribution in [0.2, 0.25) is 0 Å². The SMILES string of the molecule is CCCc1c(NC(C)C)n[nH]c1C. The molecule has 74 valence electrons. The Balaban J connectivity index is 2.80. The maximum Gasteiger partial charge on any atom is 0.151 e. The average molecular weight is 181 g/mol. The standard InChI is InChI=1S/C10H19N3/c1-5-6-9-8(4)12-13-10(9)11-7(2)3/h7H,5-6H2,1-4H3,(H2,11,12,13). The Morgan fingerprint density at radius 2 is 2.15 bits per heavy atom. The summed E-state index contributed by atoms with van der Waals surface area (Å²) in [6, 6.07) is 0.443. The molecule has 0 radical (unpaired) electrons. The molecule has 0 aromatic carbocycles. The number of anilines is 1. The van der Waals surface area contributed by atoms with E-state index < -0.39 is 0 Å². The summed E-state index contributed by atoms with van der Waals surface area (Å²) >= 11 is 0. The lowest BCUT2D eigenvalue weighted by Gasteiger charge is -2.08. The van der Waals surface area contributed by atoms with Gasteiger partial charge in [0.05, 0.1) is 0 Å². The molecule has 0 saturated carbocycles. The average Bonchev–Trinajstić information content (AvgIpc) is 2.35. The molecule has 0 aliphatic heterocycles. The van der Waals surface area contributed by atoms with Crippen LogP contribution in [0.15, 0.2) is 0 Å². The van der Waals surface area contributed by atoms with Gasteiger partial charge >= 0.3 is 0 Å². The lowest BCUT2D eigenvalue weighted by Crippen LogP contribution is -2.11. The van der Waals surface area contributed by atoms with Crippen molar-refractivity contribution in [1.29, 1.82) is 0 Å². The van der Waals surface area contributed by atoms with Gasteiger partial charge in [0.25, 0.3) is 0 Å². The van der Waals surface area contributed by atoms with Crippen LogP contribution in [0.4, 0.5) is 5.82 Å². The first kappa shape index (κ1) is 10.1. The van der Waals surface area contributed by atoms with Crippen LogP contribution in [0.1, 0.15) is 38.4 Å². The van der Waals surface area contributed by atoms with Crippen molar-refractivity contribution in [2.24, 2.45) is 0 Å². The number of aryl methyl sites for hydroxylation is 1. The van der Waals surface area contributed by atoms with Crippen molar-refractivity contribution in [3.63, 3.8) is 0 Å². The number of hydrogen-bond donors (Lipinski definition) is 2. The van der Waals surface area contributed by atoms with Gasteiger partial charge in [-0.3, -0.25) is 5.10 Å². The van der Waals surface area contributed by atoms with Gasteiger partial charge in [0, 0.05) is 17.3 Å². The molecule has 0 fully saturated rings. The minimum atomic E-state index is 0.443. The van der Waals surface area contributed by atoms with Gasteiger partial charge in [0.15, 0.2) is 5.82 Å². The van der Waals surface area contributed by atoms with E-state index in [1.165, 1.54) is 11.3 Å². The second kappa shape index (κ2) is 4.30. The number of nitrogens with one attached hydrogen (secondary N) is 2. The van der Waals surface area contributed by atoms with E-state index in [1.54, 1.807) is 0 Å². The lowest BCUT2D eigenvalue weighted by atomic mass is 10.1. The molecule has 1 heterocycles. The predicted octanol–water partition coefficient (Wildman–Crippen LogP) is 2.49. The molecule has 0 atom stereocenters. The van der Waals surface area contributed by atoms with Gasteiger partial charge in [-0.05, 0) is 27.2 Å². The Hall–Kier alpha value is -0.990. The zero-order valence-corrected chi connectivity index (χ0v) is 8.94. The van der Waals surface area contributed by atoms with Crippen LogP contribution in [0.25, 0.3) is 0 Å². The Labute approximate surface area is 79.9 Å². The maximum atomic E-state index is 4.24. The number of rotatable bonds is 4. The van der Waals surface area contributed by atoms with Crippen LogP contribution in [-0.4, -0.2) is 16.2 Å².